The number of nitrogens with zero attached hydrogens (tertiary/aromatic N) is 3. The number of thioether (sulfide) groups is 1. The number of hydrogen-bond donors (Lipinski definition) is 0. The molecule has 33 heavy (non-hydrogen) atoms. The molecular formula is C26H25N3O2S2. The quantitative estimate of drug-likeness (QED) is 0.351. The Balaban J connectivity index is 1.59. The molecule has 1 aliphatic heterocycles. The van der Waals surface area contributed by atoms with E-state index in [0.717, 1.165) is 16.8 Å². The van der Waals surface area contributed by atoms with Crippen molar-refractivity contribution in [3.8, 4) is 6.07 Å². The van der Waals surface area contributed by atoms with Crippen LogP contribution in [0.5, 0.6) is 0 Å². The molecular weight excluding hydrogens is 450 g/mol. The highest BCUT2D eigenvalue weighted by Crippen LogP contribution is 2.32. The van der Waals surface area contributed by atoms with E-state index in [0.29, 0.717) is 28.7 Å². The molecule has 0 radical (unpaired) electrons. The standard InChI is InChI=1S/C26H25N3O2S2/c1-20(18-21-10-4-2-5-11-21)19-23-25(31)29(26(32)33-23)16-8-14-24(30)28(17-9-15-27)22-12-6-3-7-13-22/h2-7,10-13,18-19H,8-9,14,16-17H2,1H3/b20-18+,23-19-. The number of anilines is 1. The molecule has 2 aromatic carbocycles. The van der Waals surface area contributed by atoms with Crippen LogP contribution in [0.1, 0.15) is 31.7 Å². The molecule has 0 atom stereocenters. The highest BCUT2D eigenvalue weighted by atomic mass is 32.2. The van der Waals surface area contributed by atoms with Crippen LogP contribution in [-0.4, -0.2) is 34.1 Å². The number of para-hydroxylation sites is 1. The number of carbonyl (C=O) groups excluding carboxylic acids is 2. The summed E-state index contributed by atoms with van der Waals surface area (Å²) < 4.78 is 0.510. The van der Waals surface area contributed by atoms with Crippen LogP contribution >= 0.6 is 24.0 Å². The van der Waals surface area contributed by atoms with E-state index >= 15 is 0 Å². The Kier molecular flexibility index (Phi) is 8.99. The van der Waals surface area contributed by atoms with Gasteiger partial charge in [0.05, 0.1) is 17.4 Å². The van der Waals surface area contributed by atoms with Gasteiger partial charge in [-0.05, 0) is 42.7 Å². The van der Waals surface area contributed by atoms with Crippen LogP contribution in [0.15, 0.2) is 77.2 Å². The molecule has 0 unspecified atom stereocenters. The Morgan fingerprint density at radius 2 is 1.82 bits per heavy atom. The fourth-order valence-corrected chi connectivity index (χ4v) is 4.80. The molecule has 2 amide bonds. The Bertz CT molecular complexity index is 1110. The summed E-state index contributed by atoms with van der Waals surface area (Å²) in [7, 11) is 0. The molecule has 0 spiro atoms. The smallest absolute Gasteiger partial charge is 0.266 e. The second-order valence-electron chi connectivity index (χ2n) is 7.52. The first-order valence-electron chi connectivity index (χ1n) is 10.7. The number of allylic oxidation sites excluding steroid dienone is 2. The fourth-order valence-electron chi connectivity index (χ4n) is 3.44. The predicted molar refractivity (Wildman–Crippen MR) is 138 cm³/mol. The van der Waals surface area contributed by atoms with Crippen LogP contribution in [0.25, 0.3) is 6.08 Å². The number of hydrogen-bond acceptors (Lipinski definition) is 5. The molecule has 5 nitrogen and oxygen atoms in total. The number of amides is 2. The Hall–Kier alpha value is -3.21. The predicted octanol–water partition coefficient (Wildman–Crippen LogP) is 5.56. The van der Waals surface area contributed by atoms with E-state index in [4.69, 9.17) is 17.5 Å². The van der Waals surface area contributed by atoms with Crippen molar-refractivity contribution in [3.63, 3.8) is 0 Å². The molecule has 2 aromatic rings. The van der Waals surface area contributed by atoms with Gasteiger partial charge in [-0.15, -0.1) is 0 Å². The average molecular weight is 476 g/mol. The number of nitriles is 1. The first kappa shape index (κ1) is 24.4. The van der Waals surface area contributed by atoms with Crippen molar-refractivity contribution in [1.82, 2.24) is 4.90 Å². The molecule has 1 fully saturated rings. The minimum absolute atomic E-state index is 0.0703. The molecule has 0 saturated carbocycles. The lowest BCUT2D eigenvalue weighted by molar-refractivity contribution is -0.123. The van der Waals surface area contributed by atoms with Gasteiger partial charge >= 0.3 is 0 Å². The third-order valence-corrected chi connectivity index (χ3v) is 6.39. The highest BCUT2D eigenvalue weighted by molar-refractivity contribution is 8.26. The van der Waals surface area contributed by atoms with Crippen molar-refractivity contribution in [1.29, 1.82) is 5.26 Å². The second-order valence-corrected chi connectivity index (χ2v) is 9.20. The minimum atomic E-state index is -0.123. The van der Waals surface area contributed by atoms with Crippen LogP contribution in [-0.2, 0) is 9.59 Å². The van der Waals surface area contributed by atoms with Gasteiger partial charge in [-0.25, -0.2) is 0 Å². The van der Waals surface area contributed by atoms with E-state index in [9.17, 15) is 9.59 Å². The average Bonchev–Trinajstić information content (AvgIpc) is 3.08. The number of carbonyl (C=O) groups is 2. The van der Waals surface area contributed by atoms with Crippen LogP contribution in [0.3, 0.4) is 0 Å². The van der Waals surface area contributed by atoms with Crippen molar-refractivity contribution < 1.29 is 9.59 Å². The number of thiocarbonyl (C=S) groups is 1. The lowest BCUT2D eigenvalue weighted by Gasteiger charge is -2.22. The van der Waals surface area contributed by atoms with Gasteiger partial charge in [0, 0.05) is 25.2 Å². The zero-order valence-corrected chi connectivity index (χ0v) is 20.1. The summed E-state index contributed by atoms with van der Waals surface area (Å²) in [5.41, 5.74) is 2.81. The van der Waals surface area contributed by atoms with E-state index in [1.807, 2.05) is 79.7 Å². The van der Waals surface area contributed by atoms with Crippen molar-refractivity contribution in [3.05, 3.63) is 82.8 Å². The van der Waals surface area contributed by atoms with E-state index in [1.165, 1.54) is 11.8 Å². The summed E-state index contributed by atoms with van der Waals surface area (Å²) in [5.74, 6) is -0.193. The number of benzene rings is 2. The SMILES string of the molecule is CC(/C=C1\SC(=S)N(CCCC(=O)N(CCC#N)c2ccccc2)C1=O)=C\c1ccccc1. The van der Waals surface area contributed by atoms with Crippen molar-refractivity contribution >= 4 is 51.9 Å². The van der Waals surface area contributed by atoms with Crippen LogP contribution in [0.2, 0.25) is 0 Å². The summed E-state index contributed by atoms with van der Waals surface area (Å²) in [4.78, 5) is 29.5. The minimum Gasteiger partial charge on any atom is -0.311 e. The van der Waals surface area contributed by atoms with Gasteiger partial charge in [0.2, 0.25) is 5.91 Å². The zero-order valence-electron chi connectivity index (χ0n) is 18.4. The summed E-state index contributed by atoms with van der Waals surface area (Å²) in [6.45, 7) is 2.68. The topological polar surface area (TPSA) is 64.4 Å². The normalized spacial score (nSPS) is 15.1. The van der Waals surface area contributed by atoms with E-state index in [2.05, 4.69) is 6.07 Å². The highest BCUT2D eigenvalue weighted by Gasteiger charge is 2.31. The van der Waals surface area contributed by atoms with Gasteiger partial charge in [-0.2, -0.15) is 5.26 Å². The maximum atomic E-state index is 12.9. The monoisotopic (exact) mass is 475 g/mol. The van der Waals surface area contributed by atoms with E-state index in [-0.39, 0.29) is 24.7 Å². The van der Waals surface area contributed by atoms with Crippen molar-refractivity contribution in [2.45, 2.75) is 26.2 Å². The Labute approximate surface area is 204 Å². The van der Waals surface area contributed by atoms with Crippen molar-refractivity contribution in [2.24, 2.45) is 0 Å². The molecule has 0 aliphatic carbocycles. The van der Waals surface area contributed by atoms with Gasteiger partial charge < -0.3 is 4.90 Å². The van der Waals surface area contributed by atoms with E-state index < -0.39 is 0 Å². The van der Waals surface area contributed by atoms with Crippen LogP contribution < -0.4 is 4.90 Å². The lowest BCUT2D eigenvalue weighted by Crippen LogP contribution is -2.33. The molecule has 0 N–H and O–H groups in total. The zero-order chi connectivity index (χ0) is 23.6. The maximum absolute atomic E-state index is 12.9. The van der Waals surface area contributed by atoms with Gasteiger partial charge in [-0.3, -0.25) is 14.5 Å². The molecule has 168 valence electrons. The Morgan fingerprint density at radius 3 is 2.48 bits per heavy atom. The summed E-state index contributed by atoms with van der Waals surface area (Å²) >= 11 is 6.71. The third-order valence-electron chi connectivity index (χ3n) is 5.01. The van der Waals surface area contributed by atoms with Gasteiger partial charge in [-0.1, -0.05) is 78.6 Å². The van der Waals surface area contributed by atoms with Crippen LogP contribution in [0.4, 0.5) is 5.69 Å². The molecule has 7 heteroatoms. The summed E-state index contributed by atoms with van der Waals surface area (Å²) in [6.07, 6.45) is 4.90. The van der Waals surface area contributed by atoms with Gasteiger partial charge in [0.25, 0.3) is 5.91 Å². The molecule has 0 aromatic heterocycles. The fraction of sp³-hybridized carbons (Fsp3) is 0.231. The molecule has 0 bridgehead atoms. The molecule has 1 heterocycles. The Morgan fingerprint density at radius 1 is 1.15 bits per heavy atom. The van der Waals surface area contributed by atoms with Gasteiger partial charge in [0.15, 0.2) is 0 Å². The molecule has 1 aliphatic rings. The van der Waals surface area contributed by atoms with E-state index in [1.54, 1.807) is 9.80 Å². The summed E-state index contributed by atoms with van der Waals surface area (Å²) in [6, 6.07) is 21.3. The van der Waals surface area contributed by atoms with Crippen molar-refractivity contribution in [2.75, 3.05) is 18.0 Å². The van der Waals surface area contributed by atoms with Crippen LogP contribution in [0, 0.1) is 11.3 Å². The first-order chi connectivity index (χ1) is 16.0. The summed E-state index contributed by atoms with van der Waals surface area (Å²) in [5, 5.41) is 8.93. The van der Waals surface area contributed by atoms with Gasteiger partial charge in [0.1, 0.15) is 4.32 Å². The maximum Gasteiger partial charge on any atom is 0.266 e. The largest absolute Gasteiger partial charge is 0.311 e. The molecule has 1 saturated heterocycles. The third kappa shape index (κ3) is 6.88. The second kappa shape index (κ2) is 12.1. The number of rotatable bonds is 9. The molecule has 3 rings (SSSR count). The lowest BCUT2D eigenvalue weighted by atomic mass is 10.1. The first-order valence-corrected chi connectivity index (χ1v) is 11.9.